The number of benzene rings is 1. The fourth-order valence-corrected chi connectivity index (χ4v) is 2.17. The maximum atomic E-state index is 11.2. The first-order valence-electron chi connectivity index (χ1n) is 5.15. The number of nitrogen functional groups attached to an aromatic ring is 1. The molecule has 2 aromatic rings. The van der Waals surface area contributed by atoms with E-state index in [1.807, 2.05) is 6.07 Å². The van der Waals surface area contributed by atoms with Crippen molar-refractivity contribution in [1.82, 2.24) is 0 Å². The van der Waals surface area contributed by atoms with E-state index in [0.29, 0.717) is 12.2 Å². The standard InChI is InChI=1S/C11H13N3O3S/c12-10-6-8(3-4-11(10)18(13,15)16)14-7-9-2-1-5-17-9/h1-6,14H,7,12H2,(H2,13,15,16). The van der Waals surface area contributed by atoms with Crippen LogP contribution < -0.4 is 16.2 Å². The van der Waals surface area contributed by atoms with E-state index in [1.54, 1.807) is 18.4 Å². The van der Waals surface area contributed by atoms with Crippen molar-refractivity contribution >= 4 is 21.4 Å². The largest absolute Gasteiger partial charge is 0.467 e. The first-order valence-corrected chi connectivity index (χ1v) is 6.70. The Labute approximate surface area is 105 Å². The molecule has 0 atom stereocenters. The van der Waals surface area contributed by atoms with E-state index >= 15 is 0 Å². The summed E-state index contributed by atoms with van der Waals surface area (Å²) in [5.74, 6) is 0.768. The zero-order valence-corrected chi connectivity index (χ0v) is 10.3. The van der Waals surface area contributed by atoms with Crippen LogP contribution in [0, 0.1) is 0 Å². The molecule has 5 N–H and O–H groups in total. The third-order valence-corrected chi connectivity index (χ3v) is 3.35. The van der Waals surface area contributed by atoms with E-state index < -0.39 is 10.0 Å². The molecule has 0 aliphatic carbocycles. The molecule has 0 bridgehead atoms. The molecule has 1 heterocycles. The third-order valence-electron chi connectivity index (χ3n) is 2.36. The van der Waals surface area contributed by atoms with Gasteiger partial charge in [0.1, 0.15) is 10.7 Å². The minimum Gasteiger partial charge on any atom is -0.467 e. The lowest BCUT2D eigenvalue weighted by molar-refractivity contribution is 0.518. The predicted octanol–water partition coefficient (Wildman–Crippen LogP) is 1.12. The molecular weight excluding hydrogens is 254 g/mol. The maximum absolute atomic E-state index is 11.2. The summed E-state index contributed by atoms with van der Waals surface area (Å²) in [6.07, 6.45) is 1.58. The number of sulfonamides is 1. The summed E-state index contributed by atoms with van der Waals surface area (Å²) in [4.78, 5) is -0.0777. The van der Waals surface area contributed by atoms with Crippen molar-refractivity contribution in [2.24, 2.45) is 5.14 Å². The lowest BCUT2D eigenvalue weighted by Gasteiger charge is -2.08. The van der Waals surface area contributed by atoms with E-state index in [-0.39, 0.29) is 10.6 Å². The maximum Gasteiger partial charge on any atom is 0.240 e. The number of nitrogens with two attached hydrogens (primary N) is 2. The molecule has 96 valence electrons. The van der Waals surface area contributed by atoms with Crippen molar-refractivity contribution in [3.05, 3.63) is 42.4 Å². The fourth-order valence-electron chi connectivity index (χ4n) is 1.52. The van der Waals surface area contributed by atoms with Gasteiger partial charge in [0.05, 0.1) is 18.5 Å². The molecule has 0 amide bonds. The van der Waals surface area contributed by atoms with Crippen molar-refractivity contribution in [3.8, 4) is 0 Å². The number of hydrogen-bond donors (Lipinski definition) is 3. The van der Waals surface area contributed by atoms with Crippen molar-refractivity contribution in [3.63, 3.8) is 0 Å². The summed E-state index contributed by atoms with van der Waals surface area (Å²) in [5.41, 5.74) is 6.44. The van der Waals surface area contributed by atoms with Crippen LogP contribution in [0.3, 0.4) is 0 Å². The molecule has 0 radical (unpaired) electrons. The minimum atomic E-state index is -3.78. The summed E-state index contributed by atoms with van der Waals surface area (Å²) in [6.45, 7) is 0.487. The molecule has 0 fully saturated rings. The molecule has 0 aliphatic rings. The lowest BCUT2D eigenvalue weighted by Crippen LogP contribution is -2.14. The molecule has 0 saturated heterocycles. The van der Waals surface area contributed by atoms with Crippen molar-refractivity contribution in [2.45, 2.75) is 11.4 Å². The van der Waals surface area contributed by atoms with Gasteiger partial charge < -0.3 is 15.5 Å². The Bertz CT molecular complexity index is 636. The Morgan fingerprint density at radius 3 is 2.61 bits per heavy atom. The van der Waals surface area contributed by atoms with Gasteiger partial charge in [-0.2, -0.15) is 0 Å². The van der Waals surface area contributed by atoms with Gasteiger partial charge in [0.25, 0.3) is 0 Å². The van der Waals surface area contributed by atoms with E-state index in [4.69, 9.17) is 15.3 Å². The third kappa shape index (κ3) is 2.82. The van der Waals surface area contributed by atoms with Gasteiger partial charge in [-0.15, -0.1) is 0 Å². The molecular formula is C11H13N3O3S. The summed E-state index contributed by atoms with van der Waals surface area (Å²) in [6, 6.07) is 8.10. The topological polar surface area (TPSA) is 111 Å². The molecule has 0 aliphatic heterocycles. The Morgan fingerprint density at radius 2 is 2.06 bits per heavy atom. The van der Waals surface area contributed by atoms with Crippen LogP contribution in [-0.4, -0.2) is 8.42 Å². The Balaban J connectivity index is 2.14. The number of rotatable bonds is 4. The molecule has 6 nitrogen and oxygen atoms in total. The Hall–Kier alpha value is -1.99. The lowest BCUT2D eigenvalue weighted by atomic mass is 10.3. The number of anilines is 2. The molecule has 1 aromatic carbocycles. The van der Waals surface area contributed by atoms with Crippen LogP contribution in [0.2, 0.25) is 0 Å². The average molecular weight is 267 g/mol. The number of primary sulfonamides is 1. The summed E-state index contributed by atoms with van der Waals surface area (Å²) in [5, 5.41) is 8.07. The van der Waals surface area contributed by atoms with E-state index in [0.717, 1.165) is 5.76 Å². The Kier molecular flexibility index (Phi) is 3.26. The van der Waals surface area contributed by atoms with Crippen LogP contribution in [0.25, 0.3) is 0 Å². The summed E-state index contributed by atoms with van der Waals surface area (Å²) in [7, 11) is -3.78. The van der Waals surface area contributed by atoms with Gasteiger partial charge in [0.15, 0.2) is 0 Å². The number of hydrogen-bond acceptors (Lipinski definition) is 5. The molecule has 0 spiro atoms. The quantitative estimate of drug-likeness (QED) is 0.719. The normalized spacial score (nSPS) is 11.4. The van der Waals surface area contributed by atoms with Crippen LogP contribution in [0.4, 0.5) is 11.4 Å². The average Bonchev–Trinajstić information content (AvgIpc) is 2.77. The van der Waals surface area contributed by atoms with Crippen molar-refractivity contribution < 1.29 is 12.8 Å². The molecule has 0 saturated carbocycles. The molecule has 0 unspecified atom stereocenters. The highest BCUT2D eigenvalue weighted by Gasteiger charge is 2.12. The van der Waals surface area contributed by atoms with Crippen molar-refractivity contribution in [1.29, 1.82) is 0 Å². The monoisotopic (exact) mass is 267 g/mol. The SMILES string of the molecule is Nc1cc(NCc2ccco2)ccc1S(N)(=O)=O. The second-order valence-corrected chi connectivity index (χ2v) is 5.26. The fraction of sp³-hybridized carbons (Fsp3) is 0.0909. The zero-order valence-electron chi connectivity index (χ0n) is 9.46. The Morgan fingerprint density at radius 1 is 1.28 bits per heavy atom. The summed E-state index contributed by atoms with van der Waals surface area (Å²) < 4.78 is 27.5. The van der Waals surface area contributed by atoms with Crippen LogP contribution in [0.5, 0.6) is 0 Å². The molecule has 1 aromatic heterocycles. The zero-order chi connectivity index (χ0) is 13.2. The first-order chi connectivity index (χ1) is 8.47. The van der Waals surface area contributed by atoms with Gasteiger partial charge in [-0.25, -0.2) is 13.6 Å². The van der Waals surface area contributed by atoms with Crippen LogP contribution in [0.15, 0.2) is 45.9 Å². The van der Waals surface area contributed by atoms with E-state index in [9.17, 15) is 8.42 Å². The van der Waals surface area contributed by atoms with Crippen molar-refractivity contribution in [2.75, 3.05) is 11.1 Å². The highest BCUT2D eigenvalue weighted by molar-refractivity contribution is 7.89. The second-order valence-electron chi connectivity index (χ2n) is 3.73. The molecule has 18 heavy (non-hydrogen) atoms. The van der Waals surface area contributed by atoms with Gasteiger partial charge >= 0.3 is 0 Å². The summed E-state index contributed by atoms with van der Waals surface area (Å²) >= 11 is 0. The van der Waals surface area contributed by atoms with Gasteiger partial charge in [-0.3, -0.25) is 0 Å². The first kappa shape index (κ1) is 12.5. The highest BCUT2D eigenvalue weighted by atomic mass is 32.2. The van der Waals surface area contributed by atoms with Gasteiger partial charge in [0, 0.05) is 5.69 Å². The highest BCUT2D eigenvalue weighted by Crippen LogP contribution is 2.21. The molecule has 7 heteroatoms. The van der Waals surface area contributed by atoms with E-state index in [2.05, 4.69) is 5.32 Å². The van der Waals surface area contributed by atoms with Gasteiger partial charge in [-0.1, -0.05) is 0 Å². The smallest absolute Gasteiger partial charge is 0.240 e. The number of nitrogens with one attached hydrogen (secondary N) is 1. The van der Waals surface area contributed by atoms with Crippen LogP contribution >= 0.6 is 0 Å². The van der Waals surface area contributed by atoms with Crippen LogP contribution in [-0.2, 0) is 16.6 Å². The van der Waals surface area contributed by atoms with Gasteiger partial charge in [-0.05, 0) is 30.3 Å². The second kappa shape index (κ2) is 4.71. The molecule has 2 rings (SSSR count). The van der Waals surface area contributed by atoms with E-state index in [1.165, 1.54) is 12.1 Å². The van der Waals surface area contributed by atoms with Gasteiger partial charge in [0.2, 0.25) is 10.0 Å². The number of furan rings is 1. The van der Waals surface area contributed by atoms with Crippen LogP contribution in [0.1, 0.15) is 5.76 Å². The minimum absolute atomic E-state index is 0.0777. The predicted molar refractivity (Wildman–Crippen MR) is 68.3 cm³/mol.